The van der Waals surface area contributed by atoms with Crippen molar-refractivity contribution in [2.45, 2.75) is 139 Å². The molecule has 7 amide bonds. The molecular weight excluding hydrogens is 1270 g/mol. The lowest BCUT2D eigenvalue weighted by molar-refractivity contribution is -0.147. The summed E-state index contributed by atoms with van der Waals surface area (Å²) in [6.45, 7) is 4.15. The number of hydrogen-bond acceptors (Lipinski definition) is 21. The summed E-state index contributed by atoms with van der Waals surface area (Å²) in [7, 11) is 0. The lowest BCUT2D eigenvalue weighted by Crippen LogP contribution is -2.64. The number of amides is 7. The molecule has 0 spiro atoms. The van der Waals surface area contributed by atoms with Gasteiger partial charge in [0.1, 0.15) is 52.0 Å². The van der Waals surface area contributed by atoms with E-state index < -0.39 is 152 Å². The third kappa shape index (κ3) is 18.8. The predicted octanol–water partition coefficient (Wildman–Crippen LogP) is 0.292. The molecule has 4 heterocycles. The molecule has 506 valence electrons. The van der Waals surface area contributed by atoms with Crippen LogP contribution < -0.4 is 47.5 Å². The number of aliphatic hydroxyl groups excluding tert-OH is 6. The maximum absolute atomic E-state index is 14.7. The van der Waals surface area contributed by atoms with Crippen LogP contribution in [0.2, 0.25) is 0 Å². The van der Waals surface area contributed by atoms with Gasteiger partial charge in [0, 0.05) is 61.5 Å². The van der Waals surface area contributed by atoms with E-state index in [1.165, 1.54) is 48.6 Å². The van der Waals surface area contributed by atoms with Crippen LogP contribution >= 0.6 is 36.2 Å². The first kappa shape index (κ1) is 74.4. The van der Waals surface area contributed by atoms with Crippen molar-refractivity contribution in [3.05, 3.63) is 102 Å². The number of aromatic nitrogens is 2. The molecule has 0 unspecified atom stereocenters. The molecule has 0 aliphatic carbocycles. The highest BCUT2D eigenvalue weighted by Gasteiger charge is 2.50. The van der Waals surface area contributed by atoms with Gasteiger partial charge >= 0.3 is 0 Å². The molecule has 1 aromatic heterocycles. The Labute approximate surface area is 553 Å². The largest absolute Gasteiger partial charge is 0.504 e. The summed E-state index contributed by atoms with van der Waals surface area (Å²) in [5.74, 6) is -7.80. The second-order valence-corrected chi connectivity index (χ2v) is 24.1. The zero-order valence-electron chi connectivity index (χ0n) is 51.5. The van der Waals surface area contributed by atoms with E-state index in [1.54, 1.807) is 12.1 Å². The SMILES string of the molecule is CCCCOc1ccc(-c2ccc(-c3nnc(-c4ccc(C(=O)N[C@H]5C[C@@H](O)CNC(=O)[C@@H]6[C@@H](O)[C@@H](C)CN6C(=O)[C@H]([C@H](O)CCN)NC(=O)[C@H]([C@H](O)Cc6ccc(O)c(OCCCN)c6)NC(=O)[C@@H]6C[C@@H](O)CN6C(=O)[C@H]([C@@H](C)O)NC5=O)cc4)s3)cc2)cc1.Cl.Cl. The number of hydrogen-bond donors (Lipinski definition) is 14. The molecule has 0 saturated carbocycles. The molecule has 8 rings (SSSR count). The van der Waals surface area contributed by atoms with Crippen LogP contribution in [0.3, 0.4) is 0 Å². The van der Waals surface area contributed by atoms with Crippen LogP contribution in [0, 0.1) is 5.92 Å². The number of nitrogens with two attached hydrogens (primary N) is 2. The number of phenolic OH excluding ortho intramolecular Hbond substituents is 1. The van der Waals surface area contributed by atoms with Gasteiger partial charge in [0.25, 0.3) is 5.91 Å². The van der Waals surface area contributed by atoms with Crippen LogP contribution in [-0.2, 0) is 35.2 Å². The van der Waals surface area contributed by atoms with Gasteiger partial charge in [0.05, 0.1) is 49.8 Å². The molecule has 16 N–H and O–H groups in total. The fraction of sp³-hybridized carbons (Fsp3) is 0.476. The summed E-state index contributed by atoms with van der Waals surface area (Å²) in [5, 5.41) is 101. The van der Waals surface area contributed by atoms with E-state index in [2.05, 4.69) is 43.7 Å². The number of carbonyl (C=O) groups excluding carboxylic acids is 7. The van der Waals surface area contributed by atoms with Crippen LogP contribution in [-0.4, -0.2) is 216 Å². The van der Waals surface area contributed by atoms with Crippen molar-refractivity contribution in [2.75, 3.05) is 45.9 Å². The monoisotopic (exact) mass is 1350 g/mol. The fourth-order valence-electron chi connectivity index (χ4n) is 11.0. The summed E-state index contributed by atoms with van der Waals surface area (Å²) in [6.07, 6.45) is -9.42. The maximum atomic E-state index is 14.7. The van der Waals surface area contributed by atoms with E-state index in [1.807, 2.05) is 48.5 Å². The lowest BCUT2D eigenvalue weighted by Gasteiger charge is -2.34. The number of ether oxygens (including phenoxy) is 2. The number of benzene rings is 4. The molecule has 0 bridgehead atoms. The van der Waals surface area contributed by atoms with E-state index >= 15 is 0 Å². The van der Waals surface area contributed by atoms with Crippen LogP contribution in [0.1, 0.15) is 75.2 Å². The number of fused-ring (bicyclic) bond motifs is 2. The van der Waals surface area contributed by atoms with Gasteiger partial charge < -0.3 is 93.1 Å². The van der Waals surface area contributed by atoms with Crippen molar-refractivity contribution >= 4 is 77.5 Å². The molecule has 4 aromatic carbocycles. The van der Waals surface area contributed by atoms with E-state index in [9.17, 15) is 69.3 Å². The molecule has 5 aromatic rings. The molecule has 93 heavy (non-hydrogen) atoms. The van der Waals surface area contributed by atoms with Gasteiger partial charge in [0.15, 0.2) is 11.5 Å². The van der Waals surface area contributed by atoms with Crippen molar-refractivity contribution in [2.24, 2.45) is 17.4 Å². The molecule has 3 aliphatic heterocycles. The maximum Gasteiger partial charge on any atom is 0.251 e. The number of aliphatic hydroxyl groups is 6. The first-order valence-corrected chi connectivity index (χ1v) is 31.2. The molecule has 3 saturated heterocycles. The Balaban J connectivity index is 0.00000686. The topological polar surface area (TPSA) is 424 Å². The minimum absolute atomic E-state index is 0. The van der Waals surface area contributed by atoms with Crippen LogP contribution in [0.4, 0.5) is 0 Å². The number of halogens is 2. The van der Waals surface area contributed by atoms with Crippen molar-refractivity contribution in [3.8, 4) is 49.5 Å². The molecule has 3 fully saturated rings. The quantitative estimate of drug-likeness (QED) is 0.0466. The molecule has 0 radical (unpaired) electrons. The number of nitrogens with zero attached hydrogens (tertiary/aromatic N) is 4. The van der Waals surface area contributed by atoms with Crippen LogP contribution in [0.5, 0.6) is 17.2 Å². The Morgan fingerprint density at radius 3 is 1.90 bits per heavy atom. The summed E-state index contributed by atoms with van der Waals surface area (Å²) in [5.41, 5.74) is 15.2. The Morgan fingerprint density at radius 1 is 0.688 bits per heavy atom. The van der Waals surface area contributed by atoms with Gasteiger partial charge in [-0.25, -0.2) is 0 Å². The van der Waals surface area contributed by atoms with Gasteiger partial charge in [-0.3, -0.25) is 33.6 Å². The summed E-state index contributed by atoms with van der Waals surface area (Å²) < 4.78 is 11.5. The standard InChI is InChI=1S/C63H81N11O16S.2ClH/c1-4-5-24-89-43-18-16-37(17-19-43)36-8-12-39(13-9-36)60-71-72-61(91-60)40-14-10-38(11-15-40)55(82)67-44-28-41(76)30-66-59(86)53-54(81)33(2)31-74(53)63(88)52(47(79)21-23-65)70-58(85)51(48(80)26-35-7-20-46(78)49(27-35)90-25-6-22-64)69-57(84)45-29-42(77)32-73(45)62(87)50(34(3)75)68-56(44)83;;/h7-20,27,33-34,41-42,44-45,47-48,50-54,75-81H,4-6,21-26,28-32,64-65H2,1-3H3,(H,66,86)(H,67,82)(H,68,83)(H,69,84)(H,70,85);2*1H/t33-,34+,41+,42+,44-,45-,47+,48+,50-,51-,52-,53-,54-;;/m0../s1. The number of aromatic hydroxyl groups is 1. The van der Waals surface area contributed by atoms with Crippen LogP contribution in [0.25, 0.3) is 32.3 Å². The summed E-state index contributed by atoms with van der Waals surface area (Å²) in [4.78, 5) is 103. The Kier molecular flexibility index (Phi) is 27.6. The second-order valence-electron chi connectivity index (χ2n) is 23.2. The number of rotatable bonds is 20. The zero-order chi connectivity index (χ0) is 65.6. The van der Waals surface area contributed by atoms with Crippen LogP contribution in [0.15, 0.2) is 91.0 Å². The number of phenols is 1. The number of β-amino-alcohol motifs (C(OH)–C–C–N with tert-alkyl or cyclic N) is 1. The van der Waals surface area contributed by atoms with Gasteiger partial charge in [-0.1, -0.05) is 86.2 Å². The zero-order valence-corrected chi connectivity index (χ0v) is 54.0. The summed E-state index contributed by atoms with van der Waals surface area (Å²) in [6, 6.07) is 15.0. The third-order valence-electron chi connectivity index (χ3n) is 16.2. The highest BCUT2D eigenvalue weighted by Crippen LogP contribution is 2.33. The first-order chi connectivity index (χ1) is 43.6. The van der Waals surface area contributed by atoms with Gasteiger partial charge in [-0.2, -0.15) is 0 Å². The van der Waals surface area contributed by atoms with E-state index in [0.717, 1.165) is 52.0 Å². The Morgan fingerprint density at radius 2 is 1.28 bits per heavy atom. The van der Waals surface area contributed by atoms with Crippen molar-refractivity contribution in [1.82, 2.24) is 46.6 Å². The summed E-state index contributed by atoms with van der Waals surface area (Å²) >= 11 is 1.31. The average molecular weight is 1350 g/mol. The third-order valence-corrected chi connectivity index (χ3v) is 17.2. The number of unbranched alkanes of at least 4 members (excludes halogenated alkanes) is 1. The highest BCUT2D eigenvalue weighted by atomic mass is 35.5. The van der Waals surface area contributed by atoms with Gasteiger partial charge in [0.2, 0.25) is 35.4 Å². The average Bonchev–Trinajstić information content (AvgIpc) is 1.70. The molecular formula is C63H83Cl2N11O16S. The lowest BCUT2D eigenvalue weighted by atomic mass is 9.98. The Bertz CT molecular complexity index is 3340. The normalized spacial score (nSPS) is 24.2. The smallest absolute Gasteiger partial charge is 0.251 e. The second kappa shape index (κ2) is 34.5. The van der Waals surface area contributed by atoms with Crippen molar-refractivity contribution in [3.63, 3.8) is 0 Å². The fourth-order valence-corrected chi connectivity index (χ4v) is 11.9. The molecule has 27 nitrogen and oxygen atoms in total. The van der Waals surface area contributed by atoms with Crippen molar-refractivity contribution in [1.29, 1.82) is 0 Å². The molecule has 13 atom stereocenters. The van der Waals surface area contributed by atoms with E-state index in [-0.39, 0.29) is 80.1 Å². The minimum atomic E-state index is -2.04. The van der Waals surface area contributed by atoms with Gasteiger partial charge in [-0.15, -0.1) is 35.0 Å². The van der Waals surface area contributed by atoms with Gasteiger partial charge in [-0.05, 0) is 92.4 Å². The Hall–Kier alpha value is -7.61. The number of nitrogens with one attached hydrogen (secondary N) is 5. The first-order valence-electron chi connectivity index (χ1n) is 30.4. The molecule has 3 aliphatic rings. The molecule has 30 heteroatoms. The number of carbonyl (C=O) groups is 7. The van der Waals surface area contributed by atoms with E-state index in [0.29, 0.717) is 28.6 Å². The van der Waals surface area contributed by atoms with Crippen molar-refractivity contribution < 1.29 is 78.8 Å². The van der Waals surface area contributed by atoms with E-state index in [4.69, 9.17) is 20.9 Å². The highest BCUT2D eigenvalue weighted by molar-refractivity contribution is 7.17. The minimum Gasteiger partial charge on any atom is -0.504 e. The predicted molar refractivity (Wildman–Crippen MR) is 347 cm³/mol.